The van der Waals surface area contributed by atoms with Crippen molar-refractivity contribution < 1.29 is 9.47 Å². The third-order valence-corrected chi connectivity index (χ3v) is 3.42. The van der Waals surface area contributed by atoms with E-state index in [1.807, 2.05) is 18.2 Å². The number of nitrogens with two attached hydrogens (primary N) is 1. The van der Waals surface area contributed by atoms with E-state index in [0.717, 1.165) is 13.0 Å². The molecule has 0 aliphatic heterocycles. The van der Waals surface area contributed by atoms with E-state index in [0.29, 0.717) is 42.5 Å². The Morgan fingerprint density at radius 1 is 1.00 bits per heavy atom. The van der Waals surface area contributed by atoms with Crippen molar-refractivity contribution in [3.8, 4) is 11.5 Å². The summed E-state index contributed by atoms with van der Waals surface area (Å²) >= 11 is 0. The maximum Gasteiger partial charge on any atom is 0.146 e. The van der Waals surface area contributed by atoms with Crippen LogP contribution in [0.15, 0.2) is 18.2 Å². The molecule has 1 aromatic rings. The number of hydrogen-bond donors (Lipinski definition) is 1. The van der Waals surface area contributed by atoms with Crippen LogP contribution in [0.1, 0.15) is 41.0 Å². The van der Waals surface area contributed by atoms with Crippen LogP contribution in [0.5, 0.6) is 11.5 Å². The van der Waals surface area contributed by atoms with E-state index in [9.17, 15) is 0 Å². The molecule has 0 heterocycles. The van der Waals surface area contributed by atoms with Crippen LogP contribution in [-0.2, 0) is 0 Å². The van der Waals surface area contributed by atoms with E-state index in [-0.39, 0.29) is 0 Å². The number of hydrogen-bond acceptors (Lipinski definition) is 4. The van der Waals surface area contributed by atoms with E-state index < -0.39 is 0 Å². The highest BCUT2D eigenvalue weighted by atomic mass is 16.5. The van der Waals surface area contributed by atoms with Gasteiger partial charge in [-0.2, -0.15) is 0 Å². The summed E-state index contributed by atoms with van der Waals surface area (Å²) in [5.74, 6) is 1.41. The number of nitrogens with zero attached hydrogens (tertiary/aromatic N) is 1. The van der Waals surface area contributed by atoms with Gasteiger partial charge in [0.25, 0.3) is 0 Å². The lowest BCUT2D eigenvalue weighted by molar-refractivity contribution is 0.142. The van der Waals surface area contributed by atoms with E-state index in [1.54, 1.807) is 0 Å². The zero-order valence-corrected chi connectivity index (χ0v) is 14.1. The molecule has 0 atom stereocenters. The second-order valence-electron chi connectivity index (χ2n) is 5.79. The third kappa shape index (κ3) is 5.46. The summed E-state index contributed by atoms with van der Waals surface area (Å²) in [7, 11) is 0. The fraction of sp³-hybridized carbons (Fsp3) is 0.647. The van der Waals surface area contributed by atoms with Crippen LogP contribution in [0.3, 0.4) is 0 Å². The minimum atomic E-state index is 0.505. The summed E-state index contributed by atoms with van der Waals surface area (Å²) in [5.41, 5.74) is 6.69. The van der Waals surface area contributed by atoms with Gasteiger partial charge in [-0.1, -0.05) is 13.0 Å². The molecule has 4 heteroatoms. The second kappa shape index (κ2) is 8.78. The molecule has 2 N–H and O–H groups in total. The van der Waals surface area contributed by atoms with E-state index >= 15 is 0 Å². The minimum absolute atomic E-state index is 0.505. The highest BCUT2D eigenvalue weighted by Crippen LogP contribution is 2.31. The monoisotopic (exact) mass is 294 g/mol. The van der Waals surface area contributed by atoms with Crippen molar-refractivity contribution in [3.63, 3.8) is 0 Å². The first-order chi connectivity index (χ1) is 9.97. The normalized spacial score (nSPS) is 11.4. The van der Waals surface area contributed by atoms with Crippen LogP contribution in [0.25, 0.3) is 0 Å². The Bertz CT molecular complexity index is 411. The first-order valence-electron chi connectivity index (χ1n) is 7.87. The Kier molecular flexibility index (Phi) is 7.37. The Morgan fingerprint density at radius 3 is 2.00 bits per heavy atom. The largest absolute Gasteiger partial charge is 0.491 e. The van der Waals surface area contributed by atoms with Gasteiger partial charge in [0.05, 0.1) is 6.61 Å². The van der Waals surface area contributed by atoms with Gasteiger partial charge < -0.3 is 15.2 Å². The average Bonchev–Trinajstić information content (AvgIpc) is 2.43. The summed E-state index contributed by atoms with van der Waals surface area (Å²) in [5, 5.41) is 0. The summed E-state index contributed by atoms with van der Waals surface area (Å²) in [4.78, 5) is 2.40. The molecule has 0 aliphatic rings. The molecule has 1 aromatic carbocycles. The number of para-hydroxylation sites is 1. The lowest BCUT2D eigenvalue weighted by atomic mass is 10.2. The fourth-order valence-corrected chi connectivity index (χ4v) is 2.36. The fourth-order valence-electron chi connectivity index (χ4n) is 2.36. The lowest BCUT2D eigenvalue weighted by Crippen LogP contribution is -2.39. The molecule has 4 nitrogen and oxygen atoms in total. The molecule has 0 bridgehead atoms. The summed E-state index contributed by atoms with van der Waals surface area (Å²) in [6.07, 6.45) is 0.961. The molecule has 0 amide bonds. The van der Waals surface area contributed by atoms with Crippen molar-refractivity contribution in [2.45, 2.75) is 53.1 Å². The topological polar surface area (TPSA) is 47.7 Å². The minimum Gasteiger partial charge on any atom is -0.491 e. The Morgan fingerprint density at radius 2 is 1.52 bits per heavy atom. The van der Waals surface area contributed by atoms with Crippen LogP contribution >= 0.6 is 0 Å². The number of benzene rings is 1. The lowest BCUT2D eigenvalue weighted by Gasteiger charge is -2.30. The first-order valence-corrected chi connectivity index (χ1v) is 7.87. The molecule has 0 saturated heterocycles. The van der Waals surface area contributed by atoms with Crippen molar-refractivity contribution in [2.75, 3.05) is 25.5 Å². The van der Waals surface area contributed by atoms with Gasteiger partial charge in [-0.25, -0.2) is 0 Å². The van der Waals surface area contributed by atoms with Crippen molar-refractivity contribution >= 4 is 5.69 Å². The van der Waals surface area contributed by atoms with Crippen molar-refractivity contribution in [3.05, 3.63) is 18.2 Å². The number of ether oxygens (including phenoxy) is 2. The zero-order chi connectivity index (χ0) is 15.8. The summed E-state index contributed by atoms with van der Waals surface area (Å²) in [6, 6.07) is 6.70. The van der Waals surface area contributed by atoms with Crippen molar-refractivity contribution in [2.24, 2.45) is 0 Å². The van der Waals surface area contributed by atoms with Crippen molar-refractivity contribution in [1.82, 2.24) is 4.90 Å². The molecule has 0 unspecified atom stereocenters. The molecular formula is C17H30N2O2. The van der Waals surface area contributed by atoms with Gasteiger partial charge in [0.2, 0.25) is 0 Å². The molecule has 0 radical (unpaired) electrons. The molecule has 0 aliphatic carbocycles. The van der Waals surface area contributed by atoms with Crippen molar-refractivity contribution in [1.29, 1.82) is 0 Å². The van der Waals surface area contributed by atoms with Gasteiger partial charge in [0, 0.05) is 18.6 Å². The molecule has 21 heavy (non-hydrogen) atoms. The molecule has 0 aromatic heterocycles. The maximum atomic E-state index is 6.10. The first kappa shape index (κ1) is 17.6. The maximum absolute atomic E-state index is 6.10. The molecule has 0 saturated carbocycles. The summed E-state index contributed by atoms with van der Waals surface area (Å²) in [6.45, 7) is 13.1. The Labute approximate surface area is 129 Å². The Hall–Kier alpha value is -1.42. The van der Waals surface area contributed by atoms with E-state index in [4.69, 9.17) is 15.2 Å². The quantitative estimate of drug-likeness (QED) is 0.708. The van der Waals surface area contributed by atoms with E-state index in [2.05, 4.69) is 39.5 Å². The summed E-state index contributed by atoms with van der Waals surface area (Å²) < 4.78 is 11.5. The highest BCUT2D eigenvalue weighted by molar-refractivity contribution is 5.62. The van der Waals surface area contributed by atoms with Gasteiger partial charge >= 0.3 is 0 Å². The SMILES string of the molecule is CCCOc1cccc(OCCN(C(C)C)C(C)C)c1N. The predicted molar refractivity (Wildman–Crippen MR) is 89.1 cm³/mol. The standard InChI is InChI=1S/C17H30N2O2/c1-6-11-20-15-8-7-9-16(17(15)18)21-12-10-19(13(2)3)14(4)5/h7-9,13-14H,6,10-12,18H2,1-5H3. The number of anilines is 1. The zero-order valence-electron chi connectivity index (χ0n) is 14.1. The number of nitrogen functional groups attached to an aromatic ring is 1. The molecular weight excluding hydrogens is 264 g/mol. The molecule has 0 spiro atoms. The highest BCUT2D eigenvalue weighted by Gasteiger charge is 2.13. The second-order valence-corrected chi connectivity index (χ2v) is 5.79. The van der Waals surface area contributed by atoms with Gasteiger partial charge in [-0.15, -0.1) is 0 Å². The van der Waals surface area contributed by atoms with E-state index in [1.165, 1.54) is 0 Å². The van der Waals surface area contributed by atoms with Gasteiger partial charge in [0.1, 0.15) is 23.8 Å². The molecule has 1 rings (SSSR count). The van der Waals surface area contributed by atoms with Gasteiger partial charge in [-0.05, 0) is 46.2 Å². The third-order valence-electron chi connectivity index (χ3n) is 3.42. The van der Waals surface area contributed by atoms with Crippen LogP contribution in [-0.4, -0.2) is 36.7 Å². The van der Waals surface area contributed by atoms with Gasteiger partial charge in [-0.3, -0.25) is 4.90 Å². The van der Waals surface area contributed by atoms with Crippen LogP contribution in [0.4, 0.5) is 5.69 Å². The number of rotatable bonds is 9. The molecule has 0 fully saturated rings. The molecule has 120 valence electrons. The average molecular weight is 294 g/mol. The van der Waals surface area contributed by atoms with Crippen LogP contribution < -0.4 is 15.2 Å². The van der Waals surface area contributed by atoms with Gasteiger partial charge in [0.15, 0.2) is 0 Å². The Balaban J connectivity index is 2.59. The predicted octanol–water partition coefficient (Wildman–Crippen LogP) is 3.56. The van der Waals surface area contributed by atoms with Crippen LogP contribution in [0.2, 0.25) is 0 Å². The van der Waals surface area contributed by atoms with Crippen LogP contribution in [0, 0.1) is 0 Å². The smallest absolute Gasteiger partial charge is 0.146 e.